The van der Waals surface area contributed by atoms with Gasteiger partial charge in [0.2, 0.25) is 0 Å². The quantitative estimate of drug-likeness (QED) is 0.490. The van der Waals surface area contributed by atoms with Gasteiger partial charge in [0.15, 0.2) is 11.9 Å². The van der Waals surface area contributed by atoms with Gasteiger partial charge in [0, 0.05) is 11.1 Å². The molecule has 0 bridgehead atoms. The van der Waals surface area contributed by atoms with Gasteiger partial charge in [-0.2, -0.15) is 0 Å². The van der Waals surface area contributed by atoms with E-state index in [0.717, 1.165) is 5.56 Å². The zero-order chi connectivity index (χ0) is 20.8. The molecule has 6 heteroatoms. The third-order valence-corrected chi connectivity index (χ3v) is 4.38. The van der Waals surface area contributed by atoms with Crippen LogP contribution < -0.4 is 5.32 Å². The standard InChI is InChI=1S/C23H21NO5/c1-15-9-11-17(12-10-15)21(25)19-7-3-4-8-20(19)23(27)29-16(2)22(26)24-14-18-6-5-13-28-18/h3-13,16H,14H2,1-2H3,(H,24,26)/t16-/m1/s1. The summed E-state index contributed by atoms with van der Waals surface area (Å²) in [6.07, 6.45) is 0.479. The Morgan fingerprint density at radius 3 is 2.31 bits per heavy atom. The minimum atomic E-state index is -1.03. The van der Waals surface area contributed by atoms with Gasteiger partial charge in [0.05, 0.1) is 18.4 Å². The Morgan fingerprint density at radius 1 is 0.966 bits per heavy atom. The smallest absolute Gasteiger partial charge is 0.339 e. The molecule has 0 spiro atoms. The monoisotopic (exact) mass is 391 g/mol. The third-order valence-electron chi connectivity index (χ3n) is 4.38. The van der Waals surface area contributed by atoms with Gasteiger partial charge in [-0.25, -0.2) is 4.79 Å². The van der Waals surface area contributed by atoms with E-state index in [1.165, 1.54) is 19.3 Å². The Hall–Kier alpha value is -3.67. The molecule has 1 atom stereocenters. The lowest BCUT2D eigenvalue weighted by molar-refractivity contribution is -0.129. The molecule has 3 rings (SSSR count). The van der Waals surface area contributed by atoms with Gasteiger partial charge in [-0.3, -0.25) is 9.59 Å². The summed E-state index contributed by atoms with van der Waals surface area (Å²) in [7, 11) is 0. The van der Waals surface area contributed by atoms with Gasteiger partial charge in [-0.15, -0.1) is 0 Å². The first-order valence-corrected chi connectivity index (χ1v) is 9.17. The van der Waals surface area contributed by atoms with E-state index >= 15 is 0 Å². The molecule has 1 amide bonds. The Labute approximate surface area is 168 Å². The molecule has 0 unspecified atom stereocenters. The summed E-state index contributed by atoms with van der Waals surface area (Å²) in [4.78, 5) is 37.6. The van der Waals surface area contributed by atoms with Crippen molar-refractivity contribution < 1.29 is 23.5 Å². The highest BCUT2D eigenvalue weighted by atomic mass is 16.5. The second-order valence-electron chi connectivity index (χ2n) is 6.59. The number of hydrogen-bond acceptors (Lipinski definition) is 5. The second kappa shape index (κ2) is 9.01. The predicted molar refractivity (Wildman–Crippen MR) is 106 cm³/mol. The van der Waals surface area contributed by atoms with Crippen molar-refractivity contribution in [2.75, 3.05) is 0 Å². The largest absolute Gasteiger partial charge is 0.467 e. The van der Waals surface area contributed by atoms with Gasteiger partial charge < -0.3 is 14.5 Å². The lowest BCUT2D eigenvalue weighted by atomic mass is 9.98. The number of aryl methyl sites for hydroxylation is 1. The number of ketones is 1. The molecule has 6 nitrogen and oxygen atoms in total. The van der Waals surface area contributed by atoms with E-state index < -0.39 is 18.0 Å². The number of hydrogen-bond donors (Lipinski definition) is 1. The molecule has 29 heavy (non-hydrogen) atoms. The van der Waals surface area contributed by atoms with Gasteiger partial charge >= 0.3 is 5.97 Å². The summed E-state index contributed by atoms with van der Waals surface area (Å²) in [5.74, 6) is -0.891. The highest BCUT2D eigenvalue weighted by Crippen LogP contribution is 2.17. The number of ether oxygens (including phenoxy) is 1. The Morgan fingerprint density at radius 2 is 1.66 bits per heavy atom. The van der Waals surface area contributed by atoms with Crippen LogP contribution in [0.1, 0.15) is 44.5 Å². The van der Waals surface area contributed by atoms with Crippen molar-refractivity contribution in [3.63, 3.8) is 0 Å². The van der Waals surface area contributed by atoms with Crippen molar-refractivity contribution in [3.05, 3.63) is 94.9 Å². The molecule has 0 aliphatic carbocycles. The Bertz CT molecular complexity index is 1010. The fourth-order valence-corrected chi connectivity index (χ4v) is 2.73. The summed E-state index contributed by atoms with van der Waals surface area (Å²) in [6.45, 7) is 3.59. The average Bonchev–Trinajstić information content (AvgIpc) is 3.25. The second-order valence-corrected chi connectivity index (χ2v) is 6.59. The molecule has 0 fully saturated rings. The van der Waals surface area contributed by atoms with Crippen LogP contribution in [0.2, 0.25) is 0 Å². The highest BCUT2D eigenvalue weighted by molar-refractivity contribution is 6.14. The molecule has 3 aromatic rings. The molecule has 1 N–H and O–H groups in total. The summed E-state index contributed by atoms with van der Waals surface area (Å²) in [5.41, 5.74) is 1.84. The maximum absolute atomic E-state index is 12.8. The maximum Gasteiger partial charge on any atom is 0.339 e. The molecular weight excluding hydrogens is 370 g/mol. The first kappa shape index (κ1) is 20.1. The van der Waals surface area contributed by atoms with Crippen molar-refractivity contribution in [2.45, 2.75) is 26.5 Å². The van der Waals surface area contributed by atoms with Gasteiger partial charge in [0.25, 0.3) is 5.91 Å². The van der Waals surface area contributed by atoms with Gasteiger partial charge in [0.1, 0.15) is 5.76 Å². The van der Waals surface area contributed by atoms with Crippen LogP contribution >= 0.6 is 0 Å². The number of carbonyl (C=O) groups is 3. The summed E-state index contributed by atoms with van der Waals surface area (Å²) in [6, 6.07) is 16.9. The number of amides is 1. The van der Waals surface area contributed by atoms with Crippen LogP contribution in [0.5, 0.6) is 0 Å². The average molecular weight is 391 g/mol. The van der Waals surface area contributed by atoms with Gasteiger partial charge in [-0.1, -0.05) is 48.0 Å². The van der Waals surface area contributed by atoms with E-state index in [4.69, 9.17) is 9.15 Å². The van der Waals surface area contributed by atoms with Crippen LogP contribution in [0.3, 0.4) is 0 Å². The van der Waals surface area contributed by atoms with Gasteiger partial charge in [-0.05, 0) is 32.0 Å². The molecule has 2 aromatic carbocycles. The zero-order valence-corrected chi connectivity index (χ0v) is 16.2. The Balaban J connectivity index is 1.70. The van der Waals surface area contributed by atoms with E-state index in [0.29, 0.717) is 11.3 Å². The lowest BCUT2D eigenvalue weighted by Gasteiger charge is -2.14. The van der Waals surface area contributed by atoms with E-state index in [9.17, 15) is 14.4 Å². The maximum atomic E-state index is 12.8. The minimum absolute atomic E-state index is 0.115. The zero-order valence-electron chi connectivity index (χ0n) is 16.2. The third kappa shape index (κ3) is 4.99. The highest BCUT2D eigenvalue weighted by Gasteiger charge is 2.23. The van der Waals surface area contributed by atoms with Crippen molar-refractivity contribution in [1.29, 1.82) is 0 Å². The lowest BCUT2D eigenvalue weighted by Crippen LogP contribution is -2.35. The first-order valence-electron chi connectivity index (χ1n) is 9.17. The molecule has 0 radical (unpaired) electrons. The van der Waals surface area contributed by atoms with E-state index in [1.807, 2.05) is 19.1 Å². The number of carbonyl (C=O) groups excluding carboxylic acids is 3. The van der Waals surface area contributed by atoms with Crippen LogP contribution in [-0.4, -0.2) is 23.8 Å². The van der Waals surface area contributed by atoms with Crippen molar-refractivity contribution in [3.8, 4) is 0 Å². The first-order chi connectivity index (χ1) is 14.0. The van der Waals surface area contributed by atoms with Crippen LogP contribution in [-0.2, 0) is 16.1 Å². The van der Waals surface area contributed by atoms with Crippen LogP contribution in [0.15, 0.2) is 71.3 Å². The molecule has 1 aromatic heterocycles. The fraction of sp³-hybridized carbons (Fsp3) is 0.174. The fourth-order valence-electron chi connectivity index (χ4n) is 2.73. The number of nitrogens with one attached hydrogen (secondary N) is 1. The molecule has 0 saturated carbocycles. The topological polar surface area (TPSA) is 85.6 Å². The van der Waals surface area contributed by atoms with Crippen molar-refractivity contribution in [1.82, 2.24) is 5.32 Å². The number of rotatable bonds is 7. The molecule has 0 aliphatic rings. The van der Waals surface area contributed by atoms with Crippen molar-refractivity contribution >= 4 is 17.7 Å². The van der Waals surface area contributed by atoms with E-state index in [-0.39, 0.29) is 23.5 Å². The summed E-state index contributed by atoms with van der Waals surface area (Å²) >= 11 is 0. The molecule has 0 aliphatic heterocycles. The van der Waals surface area contributed by atoms with Crippen molar-refractivity contribution in [2.24, 2.45) is 0 Å². The molecule has 1 heterocycles. The molecule has 0 saturated heterocycles. The number of benzene rings is 2. The predicted octanol–water partition coefficient (Wildman–Crippen LogP) is 3.68. The number of esters is 1. The van der Waals surface area contributed by atoms with Crippen LogP contribution in [0, 0.1) is 6.92 Å². The SMILES string of the molecule is Cc1ccc(C(=O)c2ccccc2C(=O)O[C@H](C)C(=O)NCc2ccco2)cc1. The Kier molecular flexibility index (Phi) is 6.24. The minimum Gasteiger partial charge on any atom is -0.467 e. The van der Waals surface area contributed by atoms with E-state index in [1.54, 1.807) is 42.5 Å². The van der Waals surface area contributed by atoms with E-state index in [2.05, 4.69) is 5.32 Å². The summed E-state index contributed by atoms with van der Waals surface area (Å²) in [5, 5.41) is 2.63. The molecular formula is C23H21NO5. The summed E-state index contributed by atoms with van der Waals surface area (Å²) < 4.78 is 10.4. The number of furan rings is 1. The van der Waals surface area contributed by atoms with Crippen LogP contribution in [0.4, 0.5) is 0 Å². The normalized spacial score (nSPS) is 11.5. The molecule has 148 valence electrons. The van der Waals surface area contributed by atoms with Crippen LogP contribution in [0.25, 0.3) is 0 Å².